The number of benzene rings is 1. The van der Waals surface area contributed by atoms with Crippen molar-refractivity contribution < 1.29 is 9.80 Å². The van der Waals surface area contributed by atoms with Gasteiger partial charge < -0.3 is 15.0 Å². The molecule has 0 spiro atoms. The molecule has 58 valence electrons. The fourth-order valence-electron chi connectivity index (χ4n) is 1.21. The van der Waals surface area contributed by atoms with Crippen molar-refractivity contribution in [2.75, 3.05) is 6.73 Å². The minimum absolute atomic E-state index is 0.156. The van der Waals surface area contributed by atoms with Gasteiger partial charge in [-0.15, -0.1) is 0 Å². The molecule has 1 unspecified atom stereocenters. The van der Waals surface area contributed by atoms with Crippen LogP contribution in [0.15, 0.2) is 24.3 Å². The second kappa shape index (κ2) is 2.53. The monoisotopic (exact) mass is 151 g/mol. The molecular formula is C8H9NO2. The smallest absolute Gasteiger partial charge is 0.222 e. The molecule has 1 aromatic rings. The van der Waals surface area contributed by atoms with Crippen molar-refractivity contribution in [1.29, 1.82) is 0 Å². The summed E-state index contributed by atoms with van der Waals surface area (Å²) in [5.41, 5.74) is 1.00. The fraction of sp³-hybridized carbons (Fsp3) is 0.250. The molecule has 2 rings (SSSR count). The topological polar surface area (TPSA) is 36.7 Å². The molecule has 11 heavy (non-hydrogen) atoms. The lowest BCUT2D eigenvalue weighted by atomic mass is 10.2. The van der Waals surface area contributed by atoms with Gasteiger partial charge in [-0.2, -0.15) is 0 Å². The summed E-state index contributed by atoms with van der Waals surface area (Å²) >= 11 is 0. The lowest BCUT2D eigenvalue weighted by Crippen LogP contribution is -3.07. The van der Waals surface area contributed by atoms with Gasteiger partial charge in [0.15, 0.2) is 0 Å². The van der Waals surface area contributed by atoms with E-state index in [2.05, 4.69) is 0 Å². The van der Waals surface area contributed by atoms with E-state index in [9.17, 15) is 5.21 Å². The van der Waals surface area contributed by atoms with Crippen LogP contribution in [0.25, 0.3) is 0 Å². The number of hydrogen-bond acceptors (Lipinski definition) is 2. The summed E-state index contributed by atoms with van der Waals surface area (Å²) in [5.74, 6) is 0.854. The number of nitrogens with one attached hydrogen (secondary N) is 1. The Morgan fingerprint density at radius 3 is 3.09 bits per heavy atom. The average Bonchev–Trinajstić information content (AvgIpc) is 2.04. The summed E-state index contributed by atoms with van der Waals surface area (Å²) in [6.45, 7) is 0.757. The minimum Gasteiger partial charge on any atom is -0.632 e. The lowest BCUT2D eigenvalue weighted by Gasteiger charge is -2.27. The van der Waals surface area contributed by atoms with Crippen LogP contribution in [0.1, 0.15) is 5.56 Å². The summed E-state index contributed by atoms with van der Waals surface area (Å²) in [6.07, 6.45) is 0. The third-order valence-corrected chi connectivity index (χ3v) is 1.75. The Hall–Kier alpha value is -1.06. The maximum absolute atomic E-state index is 10.9. The van der Waals surface area contributed by atoms with E-state index in [0.29, 0.717) is 6.54 Å². The first-order valence-corrected chi connectivity index (χ1v) is 3.58. The molecule has 0 saturated heterocycles. The Kier molecular flexibility index (Phi) is 1.52. The molecule has 0 radical (unpaired) electrons. The third-order valence-electron chi connectivity index (χ3n) is 1.75. The number of fused-ring (bicyclic) bond motifs is 1. The van der Waals surface area contributed by atoms with Crippen LogP contribution in [0.2, 0.25) is 0 Å². The van der Waals surface area contributed by atoms with Gasteiger partial charge in [-0.3, -0.25) is 0 Å². The number of hydroxylamine groups is 2. The first kappa shape index (κ1) is 6.64. The largest absolute Gasteiger partial charge is 0.632 e. The zero-order valence-electron chi connectivity index (χ0n) is 6.04. The number of rotatable bonds is 0. The van der Waals surface area contributed by atoms with E-state index in [1.807, 2.05) is 24.3 Å². The van der Waals surface area contributed by atoms with Gasteiger partial charge in [0.25, 0.3) is 0 Å². The van der Waals surface area contributed by atoms with Crippen molar-refractivity contribution in [2.45, 2.75) is 6.54 Å². The van der Waals surface area contributed by atoms with Crippen molar-refractivity contribution in [3.63, 3.8) is 0 Å². The molecule has 0 saturated carbocycles. The SMILES string of the molecule is [O-][NH+]1COc2ccccc2C1. The molecule has 3 heteroatoms. The Morgan fingerprint density at radius 1 is 1.36 bits per heavy atom. The van der Waals surface area contributed by atoms with Crippen LogP contribution in [0, 0.1) is 5.21 Å². The number of ether oxygens (including phenoxy) is 1. The standard InChI is InChI=1S/C8H9NO2/c10-9-5-7-3-1-2-4-8(7)11-6-9/h1-4,9H,5-6H2. The molecule has 0 aromatic heterocycles. The number of quaternary nitrogens is 1. The van der Waals surface area contributed by atoms with Crippen LogP contribution in [0.5, 0.6) is 5.75 Å². The molecule has 1 atom stereocenters. The third kappa shape index (κ3) is 1.20. The van der Waals surface area contributed by atoms with Gasteiger partial charge in [-0.1, -0.05) is 12.1 Å². The Morgan fingerprint density at radius 2 is 2.18 bits per heavy atom. The van der Waals surface area contributed by atoms with Gasteiger partial charge in [0, 0.05) is 5.56 Å². The summed E-state index contributed by atoms with van der Waals surface area (Å²) in [6, 6.07) is 7.64. The Bertz CT molecular complexity index is 262. The summed E-state index contributed by atoms with van der Waals surface area (Å²) in [4.78, 5) is 0. The molecule has 1 aliphatic rings. The zero-order valence-corrected chi connectivity index (χ0v) is 6.04. The summed E-state index contributed by atoms with van der Waals surface area (Å²) < 4.78 is 5.19. The van der Waals surface area contributed by atoms with Gasteiger partial charge in [0.05, 0.1) is 0 Å². The van der Waals surface area contributed by atoms with Crippen molar-refractivity contribution in [2.24, 2.45) is 0 Å². The maximum atomic E-state index is 10.9. The van der Waals surface area contributed by atoms with Gasteiger partial charge in [-0.25, -0.2) is 0 Å². The van der Waals surface area contributed by atoms with Crippen molar-refractivity contribution >= 4 is 0 Å². The zero-order chi connectivity index (χ0) is 7.68. The van der Waals surface area contributed by atoms with Gasteiger partial charge >= 0.3 is 0 Å². The maximum Gasteiger partial charge on any atom is 0.222 e. The highest BCUT2D eigenvalue weighted by Gasteiger charge is 2.12. The van der Waals surface area contributed by atoms with Crippen LogP contribution in [-0.4, -0.2) is 6.73 Å². The molecule has 1 aromatic carbocycles. The van der Waals surface area contributed by atoms with E-state index < -0.39 is 0 Å². The Labute approximate surface area is 64.8 Å². The molecule has 0 fully saturated rings. The molecule has 1 aliphatic heterocycles. The minimum atomic E-state index is 0.156. The van der Waals surface area contributed by atoms with Crippen LogP contribution in [0.4, 0.5) is 0 Å². The van der Waals surface area contributed by atoms with Crippen LogP contribution in [-0.2, 0) is 6.54 Å². The summed E-state index contributed by atoms with van der Waals surface area (Å²) in [5, 5.41) is 11.1. The predicted octanol–water partition coefficient (Wildman–Crippen LogP) is -0.0808. The highest BCUT2D eigenvalue weighted by Crippen LogP contribution is 2.17. The van der Waals surface area contributed by atoms with Crippen LogP contribution >= 0.6 is 0 Å². The van der Waals surface area contributed by atoms with E-state index in [1.165, 1.54) is 0 Å². The second-order valence-corrected chi connectivity index (χ2v) is 2.61. The van der Waals surface area contributed by atoms with E-state index in [4.69, 9.17) is 4.74 Å². The van der Waals surface area contributed by atoms with Gasteiger partial charge in [-0.05, 0) is 12.1 Å². The quantitative estimate of drug-likeness (QED) is 0.526. The van der Waals surface area contributed by atoms with E-state index in [-0.39, 0.29) is 11.8 Å². The van der Waals surface area contributed by atoms with Crippen molar-refractivity contribution in [1.82, 2.24) is 0 Å². The normalized spacial score (nSPS) is 22.1. The van der Waals surface area contributed by atoms with Gasteiger partial charge in [0.2, 0.25) is 6.73 Å². The molecule has 0 aliphatic carbocycles. The van der Waals surface area contributed by atoms with Crippen LogP contribution in [0.3, 0.4) is 0 Å². The lowest BCUT2D eigenvalue weighted by molar-refractivity contribution is -0.883. The van der Waals surface area contributed by atoms with E-state index >= 15 is 0 Å². The molecule has 0 amide bonds. The highest BCUT2D eigenvalue weighted by atomic mass is 16.6. The fourth-order valence-corrected chi connectivity index (χ4v) is 1.21. The number of hydrogen-bond donors (Lipinski definition) is 1. The van der Waals surface area contributed by atoms with Crippen molar-refractivity contribution in [3.8, 4) is 5.75 Å². The predicted molar refractivity (Wildman–Crippen MR) is 40.0 cm³/mol. The van der Waals surface area contributed by atoms with Crippen LogP contribution < -0.4 is 9.80 Å². The van der Waals surface area contributed by atoms with E-state index in [0.717, 1.165) is 11.3 Å². The molecular weight excluding hydrogens is 142 g/mol. The highest BCUT2D eigenvalue weighted by molar-refractivity contribution is 5.32. The molecule has 3 nitrogen and oxygen atoms in total. The molecule has 1 heterocycles. The van der Waals surface area contributed by atoms with E-state index in [1.54, 1.807) is 0 Å². The Balaban J connectivity index is 2.34. The summed E-state index contributed by atoms with van der Waals surface area (Å²) in [7, 11) is 0. The van der Waals surface area contributed by atoms with Crippen molar-refractivity contribution in [3.05, 3.63) is 35.0 Å². The average molecular weight is 151 g/mol. The van der Waals surface area contributed by atoms with Gasteiger partial charge in [0.1, 0.15) is 12.3 Å². The first-order chi connectivity index (χ1) is 5.36. The second-order valence-electron chi connectivity index (χ2n) is 2.61. The molecule has 1 N–H and O–H groups in total. The molecule has 0 bridgehead atoms. The first-order valence-electron chi connectivity index (χ1n) is 3.58. The number of para-hydroxylation sites is 1.